The predicted molar refractivity (Wildman–Crippen MR) is 151 cm³/mol. The highest BCUT2D eigenvalue weighted by molar-refractivity contribution is 5.98. The van der Waals surface area contributed by atoms with E-state index in [2.05, 4.69) is 47.8 Å². The second-order valence-electron chi connectivity index (χ2n) is 13.3. The molecular formula is C31H50N2O6. The molecule has 3 rings (SSSR count). The second-order valence-corrected chi connectivity index (χ2v) is 13.3. The third kappa shape index (κ3) is 6.43. The largest absolute Gasteiger partial charge is 0.465 e. The summed E-state index contributed by atoms with van der Waals surface area (Å²) in [5, 5.41) is 9.25. The molecule has 2 unspecified atom stereocenters. The third-order valence-corrected chi connectivity index (χ3v) is 8.43. The first kappa shape index (κ1) is 31.3. The van der Waals surface area contributed by atoms with Crippen molar-refractivity contribution in [2.45, 2.75) is 109 Å². The average molecular weight is 547 g/mol. The number of hydrogen-bond donors (Lipinski definition) is 1. The van der Waals surface area contributed by atoms with Crippen molar-refractivity contribution < 1.29 is 29.0 Å². The quantitative estimate of drug-likeness (QED) is 0.187. The maximum absolute atomic E-state index is 14.6. The Morgan fingerprint density at radius 3 is 2.49 bits per heavy atom. The molecule has 0 aromatic carbocycles. The molecule has 3 aliphatic rings. The van der Waals surface area contributed by atoms with Gasteiger partial charge in [-0.05, 0) is 70.6 Å². The average Bonchev–Trinajstić information content (AvgIpc) is 3.48. The number of hydrogen-bond acceptors (Lipinski definition) is 6. The Morgan fingerprint density at radius 2 is 1.87 bits per heavy atom. The summed E-state index contributed by atoms with van der Waals surface area (Å²) >= 11 is 0. The Morgan fingerprint density at radius 1 is 1.15 bits per heavy atom. The standard InChI is InChI=1S/C31H50N2O6/c1-8-10-14-20-38-28(37)23-22-15-16-31(39-22)24(23)26(35)32(18-12-11-13-19-34)25(31)27(36)33(17-9-2)30(6,7)21-29(3,4)5/h8-9,22-25,34H,1-2,10-21H2,3-7H3/t22-,23+,24-,25?,31?/m0/s1. The van der Waals surface area contributed by atoms with E-state index < -0.39 is 41.1 Å². The van der Waals surface area contributed by atoms with Crippen LogP contribution in [0.2, 0.25) is 0 Å². The summed E-state index contributed by atoms with van der Waals surface area (Å²) in [6.07, 6.45) is 8.47. The molecule has 3 fully saturated rings. The zero-order valence-electron chi connectivity index (χ0n) is 24.7. The Bertz CT molecular complexity index is 925. The minimum Gasteiger partial charge on any atom is -0.465 e. The van der Waals surface area contributed by atoms with Crippen LogP contribution < -0.4 is 0 Å². The number of nitrogens with zero attached hydrogens (tertiary/aromatic N) is 2. The monoisotopic (exact) mass is 546 g/mol. The lowest BCUT2D eigenvalue weighted by atomic mass is 9.70. The molecule has 0 radical (unpaired) electrons. The van der Waals surface area contributed by atoms with Gasteiger partial charge in [-0.3, -0.25) is 14.4 Å². The summed E-state index contributed by atoms with van der Waals surface area (Å²) in [6.45, 7) is 19.3. The Labute approximate surface area is 234 Å². The Hall–Kier alpha value is -2.19. The van der Waals surface area contributed by atoms with Gasteiger partial charge in [0.1, 0.15) is 11.6 Å². The summed E-state index contributed by atoms with van der Waals surface area (Å²) in [5.74, 6) is -2.19. The van der Waals surface area contributed by atoms with Crippen LogP contribution in [-0.4, -0.2) is 82.3 Å². The van der Waals surface area contributed by atoms with Gasteiger partial charge in [-0.25, -0.2) is 0 Å². The van der Waals surface area contributed by atoms with Crippen LogP contribution in [-0.2, 0) is 23.9 Å². The molecule has 3 heterocycles. The normalized spacial score (nSPS) is 27.9. The zero-order valence-corrected chi connectivity index (χ0v) is 24.7. The molecule has 220 valence electrons. The number of likely N-dealkylation sites (tertiary alicyclic amines) is 1. The molecule has 3 saturated heterocycles. The van der Waals surface area contributed by atoms with Crippen molar-refractivity contribution in [1.82, 2.24) is 9.80 Å². The fraction of sp³-hybridized carbons (Fsp3) is 0.774. The van der Waals surface area contributed by atoms with Crippen molar-refractivity contribution in [3.63, 3.8) is 0 Å². The third-order valence-electron chi connectivity index (χ3n) is 8.43. The van der Waals surface area contributed by atoms with Gasteiger partial charge in [0, 0.05) is 25.2 Å². The first-order valence-electron chi connectivity index (χ1n) is 14.6. The van der Waals surface area contributed by atoms with Crippen LogP contribution in [0.25, 0.3) is 0 Å². The van der Waals surface area contributed by atoms with Crippen molar-refractivity contribution in [1.29, 1.82) is 0 Å². The van der Waals surface area contributed by atoms with E-state index in [1.807, 2.05) is 4.90 Å². The number of aliphatic hydroxyl groups excluding tert-OH is 1. The van der Waals surface area contributed by atoms with E-state index >= 15 is 0 Å². The molecule has 8 heteroatoms. The molecule has 8 nitrogen and oxygen atoms in total. The van der Waals surface area contributed by atoms with Crippen molar-refractivity contribution in [2.24, 2.45) is 17.3 Å². The molecule has 0 aromatic heterocycles. The van der Waals surface area contributed by atoms with Gasteiger partial charge in [-0.2, -0.15) is 0 Å². The van der Waals surface area contributed by atoms with Gasteiger partial charge in [-0.1, -0.05) is 32.9 Å². The van der Waals surface area contributed by atoms with Gasteiger partial charge < -0.3 is 24.4 Å². The second kappa shape index (κ2) is 12.5. The fourth-order valence-corrected chi connectivity index (χ4v) is 7.31. The number of carbonyl (C=O) groups is 3. The Balaban J connectivity index is 1.97. The molecule has 0 aromatic rings. The predicted octanol–water partition coefficient (Wildman–Crippen LogP) is 4.26. The molecule has 2 bridgehead atoms. The van der Waals surface area contributed by atoms with Gasteiger partial charge in [0.15, 0.2) is 0 Å². The highest BCUT2D eigenvalue weighted by Gasteiger charge is 2.75. The molecule has 1 spiro atoms. The number of allylic oxidation sites excluding steroid dienone is 1. The summed E-state index contributed by atoms with van der Waals surface area (Å²) < 4.78 is 12.2. The van der Waals surface area contributed by atoms with Crippen molar-refractivity contribution >= 4 is 17.8 Å². The zero-order chi connectivity index (χ0) is 29.0. The van der Waals surface area contributed by atoms with Crippen LogP contribution in [0.15, 0.2) is 25.3 Å². The van der Waals surface area contributed by atoms with E-state index in [1.165, 1.54) is 0 Å². The lowest BCUT2D eigenvalue weighted by Gasteiger charge is -2.45. The van der Waals surface area contributed by atoms with Gasteiger partial charge in [-0.15, -0.1) is 13.2 Å². The number of unbranched alkanes of at least 4 members (excludes halogenated alkanes) is 3. The Kier molecular flexibility index (Phi) is 10.1. The number of aliphatic hydroxyl groups is 1. The van der Waals surface area contributed by atoms with E-state index in [9.17, 15) is 19.5 Å². The molecule has 39 heavy (non-hydrogen) atoms. The van der Waals surface area contributed by atoms with E-state index in [0.29, 0.717) is 45.2 Å². The molecule has 0 saturated carbocycles. The molecule has 0 aliphatic carbocycles. The summed E-state index contributed by atoms with van der Waals surface area (Å²) in [7, 11) is 0. The first-order valence-corrected chi connectivity index (χ1v) is 14.6. The van der Waals surface area contributed by atoms with E-state index in [-0.39, 0.29) is 30.4 Å². The van der Waals surface area contributed by atoms with Crippen LogP contribution in [0, 0.1) is 17.3 Å². The number of fused-ring (bicyclic) bond motifs is 1. The van der Waals surface area contributed by atoms with Gasteiger partial charge in [0.2, 0.25) is 11.8 Å². The first-order chi connectivity index (χ1) is 18.3. The summed E-state index contributed by atoms with van der Waals surface area (Å²) in [5.41, 5.74) is -1.57. The van der Waals surface area contributed by atoms with Crippen LogP contribution in [0.5, 0.6) is 0 Å². The fourth-order valence-electron chi connectivity index (χ4n) is 7.31. The lowest BCUT2D eigenvalue weighted by molar-refractivity contribution is -0.156. The van der Waals surface area contributed by atoms with Crippen molar-refractivity contribution in [3.8, 4) is 0 Å². The molecule has 2 amide bonds. The number of ether oxygens (including phenoxy) is 2. The summed E-state index contributed by atoms with van der Waals surface area (Å²) in [4.78, 5) is 45.5. The van der Waals surface area contributed by atoms with Crippen molar-refractivity contribution in [2.75, 3.05) is 26.3 Å². The van der Waals surface area contributed by atoms with Gasteiger partial charge >= 0.3 is 5.97 Å². The molecule has 3 aliphatic heterocycles. The molecule has 5 atom stereocenters. The van der Waals surface area contributed by atoms with Crippen molar-refractivity contribution in [3.05, 3.63) is 25.3 Å². The highest BCUT2D eigenvalue weighted by Crippen LogP contribution is 2.59. The van der Waals surface area contributed by atoms with Crippen LogP contribution in [0.1, 0.15) is 86.0 Å². The SMILES string of the molecule is C=CCCCOC(=O)[C@@H]1[C@@H]2CCC3(O2)C(C(=O)N(CC=C)C(C)(C)CC(C)(C)C)N(CCCCCO)C(=O)[C@H]13. The molecular weight excluding hydrogens is 496 g/mol. The van der Waals surface area contributed by atoms with Crippen LogP contribution in [0.3, 0.4) is 0 Å². The topological polar surface area (TPSA) is 96.4 Å². The number of rotatable bonds is 15. The number of esters is 1. The van der Waals surface area contributed by atoms with E-state index in [0.717, 1.165) is 19.3 Å². The van der Waals surface area contributed by atoms with E-state index in [4.69, 9.17) is 9.47 Å². The van der Waals surface area contributed by atoms with Crippen LogP contribution in [0.4, 0.5) is 0 Å². The number of amides is 2. The number of carbonyl (C=O) groups excluding carboxylic acids is 3. The van der Waals surface area contributed by atoms with Gasteiger partial charge in [0.05, 0.1) is 24.5 Å². The highest BCUT2D eigenvalue weighted by atomic mass is 16.6. The van der Waals surface area contributed by atoms with Crippen LogP contribution >= 0.6 is 0 Å². The maximum Gasteiger partial charge on any atom is 0.312 e. The minimum absolute atomic E-state index is 0.0255. The lowest BCUT2D eigenvalue weighted by Crippen LogP contribution is -2.61. The smallest absolute Gasteiger partial charge is 0.312 e. The maximum atomic E-state index is 14.6. The summed E-state index contributed by atoms with van der Waals surface area (Å²) in [6, 6.07) is -0.813. The minimum atomic E-state index is -1.04. The van der Waals surface area contributed by atoms with Gasteiger partial charge in [0.25, 0.3) is 0 Å². The molecule has 1 N–H and O–H groups in total. The van der Waals surface area contributed by atoms with E-state index in [1.54, 1.807) is 17.1 Å².